The largest absolute Gasteiger partial charge is 0.490 e. The van der Waals surface area contributed by atoms with Crippen molar-refractivity contribution in [2.45, 2.75) is 20.1 Å². The number of halogens is 4. The molecule has 0 aliphatic rings. The summed E-state index contributed by atoms with van der Waals surface area (Å²) in [5.41, 5.74) is 2.77. The van der Waals surface area contributed by atoms with E-state index in [0.29, 0.717) is 56.8 Å². The molecule has 0 aromatic heterocycles. The van der Waals surface area contributed by atoms with Crippen molar-refractivity contribution in [2.24, 2.45) is 0 Å². The number of carbonyl (C=O) groups excluding carboxylic acids is 1. The summed E-state index contributed by atoms with van der Waals surface area (Å²) in [6.45, 7) is 2.82. The Morgan fingerprint density at radius 1 is 0.905 bits per heavy atom. The van der Waals surface area contributed by atoms with Crippen LogP contribution >= 0.6 is 57.4 Å². The number of hydrogen-bond acceptors (Lipinski definition) is 5. The SMILES string of the molecule is CCOc1cc(/C=C(\C#N)C(=O)Nc2ccc(OCc3ccccc3Cl)cc2)cc(I)c1OCc1ccc(Cl)c(Cl)c1. The van der Waals surface area contributed by atoms with Gasteiger partial charge in [-0.2, -0.15) is 5.26 Å². The monoisotopic (exact) mass is 732 g/mol. The third-order valence-electron chi connectivity index (χ3n) is 5.84. The molecule has 214 valence electrons. The maximum Gasteiger partial charge on any atom is 0.266 e. The lowest BCUT2D eigenvalue weighted by molar-refractivity contribution is -0.112. The Balaban J connectivity index is 1.44. The molecular formula is C32H24Cl3IN2O4. The van der Waals surface area contributed by atoms with E-state index in [2.05, 4.69) is 27.9 Å². The number of nitrogens with zero attached hydrogens (tertiary/aromatic N) is 1. The molecule has 4 aromatic rings. The zero-order valence-corrected chi connectivity index (χ0v) is 26.7. The van der Waals surface area contributed by atoms with Crippen molar-refractivity contribution < 1.29 is 19.0 Å². The van der Waals surface area contributed by atoms with Gasteiger partial charge in [0, 0.05) is 16.3 Å². The Bertz CT molecular complexity index is 1650. The number of nitriles is 1. The predicted octanol–water partition coefficient (Wildman–Crippen LogP) is 9.35. The highest BCUT2D eigenvalue weighted by Crippen LogP contribution is 2.36. The Hall–Kier alpha value is -3.42. The molecule has 1 N–H and O–H groups in total. The fourth-order valence-corrected chi connectivity index (χ4v) is 5.08. The molecule has 4 aromatic carbocycles. The van der Waals surface area contributed by atoms with E-state index in [0.717, 1.165) is 14.7 Å². The normalized spacial score (nSPS) is 11.0. The second kappa shape index (κ2) is 15.2. The van der Waals surface area contributed by atoms with Crippen LogP contribution in [0.15, 0.2) is 84.4 Å². The van der Waals surface area contributed by atoms with E-state index in [9.17, 15) is 10.1 Å². The van der Waals surface area contributed by atoms with Crippen LogP contribution < -0.4 is 19.5 Å². The molecule has 0 saturated carbocycles. The Morgan fingerprint density at radius 2 is 1.67 bits per heavy atom. The van der Waals surface area contributed by atoms with E-state index in [-0.39, 0.29) is 12.2 Å². The van der Waals surface area contributed by atoms with Crippen LogP contribution in [-0.4, -0.2) is 12.5 Å². The van der Waals surface area contributed by atoms with Gasteiger partial charge in [0.15, 0.2) is 11.5 Å². The minimum absolute atomic E-state index is 0.0724. The minimum Gasteiger partial charge on any atom is -0.490 e. The van der Waals surface area contributed by atoms with Gasteiger partial charge in [-0.15, -0.1) is 0 Å². The van der Waals surface area contributed by atoms with E-state index in [1.165, 1.54) is 6.08 Å². The summed E-state index contributed by atoms with van der Waals surface area (Å²) >= 11 is 20.4. The van der Waals surface area contributed by atoms with Gasteiger partial charge in [0.25, 0.3) is 5.91 Å². The van der Waals surface area contributed by atoms with Crippen molar-refractivity contribution in [1.82, 2.24) is 0 Å². The second-order valence-corrected chi connectivity index (χ2v) is 11.2. The number of benzene rings is 4. The molecular weight excluding hydrogens is 710 g/mol. The Labute approximate surface area is 272 Å². The van der Waals surface area contributed by atoms with Gasteiger partial charge in [-0.3, -0.25) is 4.79 Å². The van der Waals surface area contributed by atoms with Crippen LogP contribution in [0.1, 0.15) is 23.6 Å². The molecule has 0 aliphatic carbocycles. The zero-order chi connectivity index (χ0) is 30.1. The number of hydrogen-bond donors (Lipinski definition) is 1. The van der Waals surface area contributed by atoms with Crippen LogP contribution in [0.5, 0.6) is 17.2 Å². The number of amides is 1. The van der Waals surface area contributed by atoms with Gasteiger partial charge in [0.05, 0.1) is 20.2 Å². The lowest BCUT2D eigenvalue weighted by Crippen LogP contribution is -2.13. The summed E-state index contributed by atoms with van der Waals surface area (Å²) in [7, 11) is 0. The van der Waals surface area contributed by atoms with Crippen molar-refractivity contribution in [3.05, 3.63) is 120 Å². The van der Waals surface area contributed by atoms with Crippen molar-refractivity contribution in [3.63, 3.8) is 0 Å². The third kappa shape index (κ3) is 8.55. The molecule has 10 heteroatoms. The van der Waals surface area contributed by atoms with Gasteiger partial charge in [-0.05, 0) is 101 Å². The van der Waals surface area contributed by atoms with Crippen molar-refractivity contribution >= 4 is 75.1 Å². The highest BCUT2D eigenvalue weighted by Gasteiger charge is 2.15. The van der Waals surface area contributed by atoms with Crippen LogP contribution in [0, 0.1) is 14.9 Å². The summed E-state index contributed by atoms with van der Waals surface area (Å²) in [6.07, 6.45) is 1.50. The molecule has 0 fully saturated rings. The number of ether oxygens (including phenoxy) is 3. The molecule has 6 nitrogen and oxygen atoms in total. The van der Waals surface area contributed by atoms with Crippen LogP contribution in [-0.2, 0) is 18.0 Å². The average Bonchev–Trinajstić information content (AvgIpc) is 2.97. The van der Waals surface area contributed by atoms with Gasteiger partial charge < -0.3 is 19.5 Å². The lowest BCUT2D eigenvalue weighted by atomic mass is 10.1. The fraction of sp³-hybridized carbons (Fsp3) is 0.125. The van der Waals surface area contributed by atoms with Crippen LogP contribution in [0.25, 0.3) is 6.08 Å². The summed E-state index contributed by atoms with van der Waals surface area (Å²) in [4.78, 5) is 12.9. The first-order valence-electron chi connectivity index (χ1n) is 12.7. The molecule has 0 heterocycles. The van der Waals surface area contributed by atoms with Crippen LogP contribution in [0.4, 0.5) is 5.69 Å². The summed E-state index contributed by atoms with van der Waals surface area (Å²) in [6, 6.07) is 25.1. The minimum atomic E-state index is -0.546. The molecule has 0 spiro atoms. The molecule has 0 bridgehead atoms. The first kappa shape index (κ1) is 31.5. The van der Waals surface area contributed by atoms with Gasteiger partial charge in [-0.25, -0.2) is 0 Å². The number of carbonyl (C=O) groups is 1. The van der Waals surface area contributed by atoms with Crippen LogP contribution in [0.2, 0.25) is 15.1 Å². The Morgan fingerprint density at radius 3 is 2.36 bits per heavy atom. The molecule has 0 unspecified atom stereocenters. The van der Waals surface area contributed by atoms with Gasteiger partial charge in [0.2, 0.25) is 0 Å². The van der Waals surface area contributed by atoms with Gasteiger partial charge in [0.1, 0.15) is 30.6 Å². The average molecular weight is 734 g/mol. The van der Waals surface area contributed by atoms with E-state index in [1.54, 1.807) is 48.5 Å². The third-order valence-corrected chi connectivity index (χ3v) is 7.75. The lowest BCUT2D eigenvalue weighted by Gasteiger charge is -2.15. The zero-order valence-electron chi connectivity index (χ0n) is 22.3. The molecule has 42 heavy (non-hydrogen) atoms. The quantitative estimate of drug-likeness (QED) is 0.0945. The maximum atomic E-state index is 12.9. The van der Waals surface area contributed by atoms with E-state index in [1.807, 2.05) is 43.3 Å². The first-order chi connectivity index (χ1) is 20.3. The second-order valence-electron chi connectivity index (χ2n) is 8.83. The summed E-state index contributed by atoms with van der Waals surface area (Å²) in [5, 5.41) is 14.0. The van der Waals surface area contributed by atoms with E-state index in [4.69, 9.17) is 49.0 Å². The van der Waals surface area contributed by atoms with E-state index >= 15 is 0 Å². The molecule has 0 atom stereocenters. The van der Waals surface area contributed by atoms with Crippen molar-refractivity contribution in [2.75, 3.05) is 11.9 Å². The number of nitrogens with one attached hydrogen (secondary N) is 1. The smallest absolute Gasteiger partial charge is 0.266 e. The highest BCUT2D eigenvalue weighted by molar-refractivity contribution is 14.1. The van der Waals surface area contributed by atoms with Crippen molar-refractivity contribution in [1.29, 1.82) is 5.26 Å². The maximum absolute atomic E-state index is 12.9. The van der Waals surface area contributed by atoms with E-state index < -0.39 is 5.91 Å². The molecule has 1 amide bonds. The van der Waals surface area contributed by atoms with Gasteiger partial charge in [-0.1, -0.05) is 59.1 Å². The summed E-state index contributed by atoms with van der Waals surface area (Å²) in [5.74, 6) is 1.10. The van der Waals surface area contributed by atoms with Gasteiger partial charge >= 0.3 is 0 Å². The van der Waals surface area contributed by atoms with Crippen molar-refractivity contribution in [3.8, 4) is 23.3 Å². The number of rotatable bonds is 11. The molecule has 0 saturated heterocycles. The topological polar surface area (TPSA) is 80.6 Å². The Kier molecular flexibility index (Phi) is 11.4. The first-order valence-corrected chi connectivity index (χ1v) is 14.9. The standard InChI is InChI=1S/C32H24Cl3IN2O4/c1-2-40-30-16-21(15-29(36)31(30)42-18-20-7-12-27(34)28(35)14-20)13-23(17-37)32(39)38-24-8-10-25(11-9-24)41-19-22-5-3-4-6-26(22)33/h3-16H,2,18-19H2,1H3,(H,38,39)/b23-13+. The van der Waals surface area contributed by atoms with Crippen LogP contribution in [0.3, 0.4) is 0 Å². The highest BCUT2D eigenvalue weighted by atomic mass is 127. The molecule has 0 aliphatic heterocycles. The molecule has 0 radical (unpaired) electrons. The fourth-order valence-electron chi connectivity index (χ4n) is 3.78. The summed E-state index contributed by atoms with van der Waals surface area (Å²) < 4.78 is 18.4. The molecule has 4 rings (SSSR count). The predicted molar refractivity (Wildman–Crippen MR) is 176 cm³/mol. The number of anilines is 1.